The molecule has 0 amide bonds. The first kappa shape index (κ1) is 8.73. The second-order valence-corrected chi connectivity index (χ2v) is 2.39. The van der Waals surface area contributed by atoms with Crippen LogP contribution in [0.2, 0.25) is 0 Å². The fourth-order valence-corrected chi connectivity index (χ4v) is 0.862. The Morgan fingerprint density at radius 1 is 1.50 bits per heavy atom. The maximum atomic E-state index is 11.2. The van der Waals surface area contributed by atoms with E-state index >= 15 is 0 Å². The molecule has 66 valence electrons. The van der Waals surface area contributed by atoms with Crippen molar-refractivity contribution < 1.29 is 4.74 Å². The van der Waals surface area contributed by atoms with E-state index in [9.17, 15) is 9.59 Å². The van der Waals surface area contributed by atoms with E-state index in [0.29, 0.717) is 0 Å². The smallest absolute Gasteiger partial charge is 0.332 e. The Bertz CT molecular complexity index is 377. The number of hydrogen-bond acceptors (Lipinski definition) is 3. The van der Waals surface area contributed by atoms with Crippen LogP contribution >= 0.6 is 0 Å². The van der Waals surface area contributed by atoms with Gasteiger partial charge in [-0.3, -0.25) is 4.79 Å². The molecule has 12 heavy (non-hydrogen) atoms. The summed E-state index contributed by atoms with van der Waals surface area (Å²) in [7, 11) is 3.01. The fraction of sp³-hybridized carbons (Fsp3) is 0.429. The maximum absolute atomic E-state index is 11.2. The molecule has 0 saturated carbocycles. The average molecular weight is 170 g/mol. The number of ether oxygens (including phenoxy) is 1. The fourth-order valence-electron chi connectivity index (χ4n) is 0.862. The largest absolute Gasteiger partial charge is 0.364 e. The minimum absolute atomic E-state index is 0.00759. The van der Waals surface area contributed by atoms with Crippen molar-refractivity contribution in [3.05, 3.63) is 33.1 Å². The molecule has 0 unspecified atom stereocenters. The highest BCUT2D eigenvalue weighted by molar-refractivity contribution is 4.84. The van der Waals surface area contributed by atoms with Crippen molar-refractivity contribution in [2.45, 2.75) is 6.73 Å². The zero-order valence-corrected chi connectivity index (χ0v) is 6.98. The molecule has 1 aromatic rings. The highest BCUT2D eigenvalue weighted by Crippen LogP contribution is 1.74. The molecule has 0 radical (unpaired) electrons. The molecule has 0 N–H and O–H groups in total. The van der Waals surface area contributed by atoms with Gasteiger partial charge in [-0.1, -0.05) is 0 Å². The van der Waals surface area contributed by atoms with E-state index in [1.54, 1.807) is 7.05 Å². The van der Waals surface area contributed by atoms with Crippen molar-refractivity contribution in [2.75, 3.05) is 7.11 Å². The predicted molar refractivity (Wildman–Crippen MR) is 43.0 cm³/mol. The number of nitrogens with zero attached hydrogens (tertiary/aromatic N) is 2. The molecule has 5 heteroatoms. The van der Waals surface area contributed by atoms with E-state index < -0.39 is 0 Å². The standard InChI is InChI=1S/C7H10N2O3/c1-8-4-3-6(10)9(5-12-2)7(8)11/h3-4H,5H2,1-2H3. The molecule has 0 fully saturated rings. The number of methoxy groups -OCH3 is 1. The van der Waals surface area contributed by atoms with Gasteiger partial charge in [0.1, 0.15) is 6.73 Å². The highest BCUT2D eigenvalue weighted by atomic mass is 16.5. The summed E-state index contributed by atoms with van der Waals surface area (Å²) < 4.78 is 7.03. The van der Waals surface area contributed by atoms with Gasteiger partial charge < -0.3 is 9.30 Å². The number of aryl methyl sites for hydroxylation is 1. The Morgan fingerprint density at radius 2 is 2.17 bits per heavy atom. The third-order valence-corrected chi connectivity index (χ3v) is 1.50. The Labute approximate surface area is 68.8 Å². The van der Waals surface area contributed by atoms with Crippen molar-refractivity contribution in [3.63, 3.8) is 0 Å². The van der Waals surface area contributed by atoms with Crippen molar-refractivity contribution in [3.8, 4) is 0 Å². The lowest BCUT2D eigenvalue weighted by atomic mass is 10.6. The third-order valence-electron chi connectivity index (χ3n) is 1.50. The van der Waals surface area contributed by atoms with Crippen LogP contribution < -0.4 is 11.2 Å². The zero-order valence-electron chi connectivity index (χ0n) is 6.98. The van der Waals surface area contributed by atoms with Gasteiger partial charge >= 0.3 is 5.69 Å². The molecule has 1 rings (SSSR count). The summed E-state index contributed by atoms with van der Waals surface area (Å²) in [6, 6.07) is 1.32. The number of aromatic nitrogens is 2. The second kappa shape index (κ2) is 3.36. The lowest BCUT2D eigenvalue weighted by Crippen LogP contribution is -2.38. The summed E-state index contributed by atoms with van der Waals surface area (Å²) in [6.45, 7) is -0.00759. The van der Waals surface area contributed by atoms with Gasteiger partial charge in [0.05, 0.1) is 0 Å². The lowest BCUT2D eigenvalue weighted by molar-refractivity contribution is 0.123. The summed E-state index contributed by atoms with van der Waals surface area (Å²) >= 11 is 0. The molecule has 0 aliphatic rings. The monoisotopic (exact) mass is 170 g/mol. The Balaban J connectivity index is 3.34. The zero-order chi connectivity index (χ0) is 9.14. The van der Waals surface area contributed by atoms with Gasteiger partial charge in [0, 0.05) is 26.4 Å². The third kappa shape index (κ3) is 1.45. The number of hydrogen-bond donors (Lipinski definition) is 0. The molecule has 0 saturated heterocycles. The topological polar surface area (TPSA) is 53.2 Å². The van der Waals surface area contributed by atoms with Gasteiger partial charge in [-0.15, -0.1) is 0 Å². The minimum Gasteiger partial charge on any atom is -0.364 e. The summed E-state index contributed by atoms with van der Waals surface area (Å²) in [4.78, 5) is 22.3. The van der Waals surface area contributed by atoms with Crippen LogP contribution in [0.1, 0.15) is 0 Å². The first-order valence-corrected chi connectivity index (χ1v) is 3.42. The first-order valence-electron chi connectivity index (χ1n) is 3.42. The SMILES string of the molecule is COCn1c(=O)ccn(C)c1=O. The van der Waals surface area contributed by atoms with Crippen LogP contribution in [-0.2, 0) is 18.5 Å². The van der Waals surface area contributed by atoms with Crippen LogP contribution in [0.25, 0.3) is 0 Å². The second-order valence-electron chi connectivity index (χ2n) is 2.39. The molecular formula is C7H10N2O3. The predicted octanol–water partition coefficient (Wildman–Crippen LogP) is -0.849. The number of rotatable bonds is 2. The van der Waals surface area contributed by atoms with E-state index in [1.807, 2.05) is 0 Å². The Morgan fingerprint density at radius 3 is 2.75 bits per heavy atom. The summed E-state index contributed by atoms with van der Waals surface area (Å²) in [5.41, 5.74) is -0.718. The van der Waals surface area contributed by atoms with Crippen LogP contribution in [0.15, 0.2) is 21.9 Å². The molecule has 0 atom stereocenters. The van der Waals surface area contributed by atoms with Gasteiger partial charge in [0.2, 0.25) is 0 Å². The summed E-state index contributed by atoms with van der Waals surface area (Å²) in [6.07, 6.45) is 1.43. The molecular weight excluding hydrogens is 160 g/mol. The van der Waals surface area contributed by atoms with Crippen molar-refractivity contribution in [1.82, 2.24) is 9.13 Å². The summed E-state index contributed by atoms with van der Waals surface area (Å²) in [5, 5.41) is 0. The van der Waals surface area contributed by atoms with Gasteiger partial charge in [0.25, 0.3) is 5.56 Å². The molecule has 1 aromatic heterocycles. The quantitative estimate of drug-likeness (QED) is 0.581. The summed E-state index contributed by atoms with van der Waals surface area (Å²) in [5.74, 6) is 0. The molecule has 0 aliphatic heterocycles. The van der Waals surface area contributed by atoms with Crippen LogP contribution in [-0.4, -0.2) is 16.2 Å². The molecule has 0 aliphatic carbocycles. The molecule has 5 nitrogen and oxygen atoms in total. The normalized spacial score (nSPS) is 10.2. The average Bonchev–Trinajstić information content (AvgIpc) is 2.06. The van der Waals surface area contributed by atoms with Gasteiger partial charge in [-0.05, 0) is 0 Å². The van der Waals surface area contributed by atoms with Crippen LogP contribution in [0, 0.1) is 0 Å². The molecule has 0 aromatic carbocycles. The highest BCUT2D eigenvalue weighted by Gasteiger charge is 2.00. The molecule has 0 bridgehead atoms. The Kier molecular flexibility index (Phi) is 2.44. The Hall–Kier alpha value is -1.36. The van der Waals surface area contributed by atoms with E-state index in [1.165, 1.54) is 23.9 Å². The van der Waals surface area contributed by atoms with Gasteiger partial charge in [-0.2, -0.15) is 0 Å². The van der Waals surface area contributed by atoms with Gasteiger partial charge in [-0.25, -0.2) is 9.36 Å². The maximum Gasteiger partial charge on any atom is 0.332 e. The van der Waals surface area contributed by atoms with Crippen molar-refractivity contribution >= 4 is 0 Å². The van der Waals surface area contributed by atoms with E-state index in [0.717, 1.165) is 4.57 Å². The lowest BCUT2D eigenvalue weighted by Gasteiger charge is -2.03. The molecule has 1 heterocycles. The van der Waals surface area contributed by atoms with Crippen LogP contribution in [0.5, 0.6) is 0 Å². The first-order chi connectivity index (χ1) is 5.66. The van der Waals surface area contributed by atoms with E-state index in [2.05, 4.69) is 0 Å². The van der Waals surface area contributed by atoms with Crippen molar-refractivity contribution in [2.24, 2.45) is 7.05 Å². The van der Waals surface area contributed by atoms with Gasteiger partial charge in [0.15, 0.2) is 0 Å². The molecule has 0 spiro atoms. The van der Waals surface area contributed by atoms with E-state index in [4.69, 9.17) is 4.74 Å². The van der Waals surface area contributed by atoms with Crippen LogP contribution in [0.4, 0.5) is 0 Å². The minimum atomic E-state index is -0.371. The van der Waals surface area contributed by atoms with E-state index in [-0.39, 0.29) is 18.0 Å². The van der Waals surface area contributed by atoms with Crippen LogP contribution in [0.3, 0.4) is 0 Å². The van der Waals surface area contributed by atoms with Crippen molar-refractivity contribution in [1.29, 1.82) is 0 Å².